The van der Waals surface area contributed by atoms with Crippen molar-refractivity contribution in [2.24, 2.45) is 0 Å². The van der Waals surface area contributed by atoms with Gasteiger partial charge in [0, 0.05) is 15.3 Å². The molecular weight excluding hydrogens is 316 g/mol. The average molecular weight is 333 g/mol. The third-order valence-electron chi connectivity index (χ3n) is 3.15. The van der Waals surface area contributed by atoms with Crippen LogP contribution in [0.25, 0.3) is 0 Å². The van der Waals surface area contributed by atoms with Crippen molar-refractivity contribution < 1.29 is 4.39 Å². The first-order valence-electron chi connectivity index (χ1n) is 5.97. The second kappa shape index (κ2) is 5.84. The SMILES string of the molecule is Fc1ccc(NC2CCCCCC2)c(I)c1. The highest BCUT2D eigenvalue weighted by Gasteiger charge is 2.13. The summed E-state index contributed by atoms with van der Waals surface area (Å²) in [5.41, 5.74) is 1.08. The Morgan fingerprint density at radius 1 is 1.12 bits per heavy atom. The van der Waals surface area contributed by atoms with E-state index in [1.807, 2.05) is 6.07 Å². The molecule has 1 aromatic rings. The summed E-state index contributed by atoms with van der Waals surface area (Å²) in [6, 6.07) is 5.53. The normalized spacial score (nSPS) is 18.1. The molecule has 0 heterocycles. The van der Waals surface area contributed by atoms with Gasteiger partial charge in [0.15, 0.2) is 0 Å². The van der Waals surface area contributed by atoms with E-state index in [4.69, 9.17) is 0 Å². The molecule has 3 heteroatoms. The molecule has 0 unspecified atom stereocenters. The first kappa shape index (κ1) is 12.1. The summed E-state index contributed by atoms with van der Waals surface area (Å²) in [6.45, 7) is 0. The van der Waals surface area contributed by atoms with E-state index in [1.165, 1.54) is 44.6 Å². The van der Waals surface area contributed by atoms with Crippen molar-refractivity contribution in [2.45, 2.75) is 44.6 Å². The highest BCUT2D eigenvalue weighted by Crippen LogP contribution is 2.24. The van der Waals surface area contributed by atoms with Crippen molar-refractivity contribution in [1.29, 1.82) is 0 Å². The molecule has 1 saturated carbocycles. The fourth-order valence-corrected chi connectivity index (χ4v) is 2.88. The van der Waals surface area contributed by atoms with Gasteiger partial charge in [-0.15, -0.1) is 0 Å². The maximum atomic E-state index is 13.0. The van der Waals surface area contributed by atoms with Crippen LogP contribution < -0.4 is 5.32 Å². The van der Waals surface area contributed by atoms with Gasteiger partial charge in [0.1, 0.15) is 5.82 Å². The smallest absolute Gasteiger partial charge is 0.124 e. The first-order chi connectivity index (χ1) is 7.75. The number of nitrogens with one attached hydrogen (secondary N) is 1. The van der Waals surface area contributed by atoms with Crippen LogP contribution in [0.1, 0.15) is 38.5 Å². The van der Waals surface area contributed by atoms with Crippen LogP contribution in [0.15, 0.2) is 18.2 Å². The predicted molar refractivity (Wildman–Crippen MR) is 74.2 cm³/mol. The Labute approximate surface area is 110 Å². The summed E-state index contributed by atoms with van der Waals surface area (Å²) in [6.07, 6.45) is 7.84. The zero-order valence-corrected chi connectivity index (χ0v) is 11.5. The summed E-state index contributed by atoms with van der Waals surface area (Å²) in [5.74, 6) is -0.157. The van der Waals surface area contributed by atoms with Gasteiger partial charge in [0.05, 0.1) is 0 Å². The number of halogens is 2. The van der Waals surface area contributed by atoms with Crippen molar-refractivity contribution in [2.75, 3.05) is 5.32 Å². The Morgan fingerprint density at radius 3 is 2.44 bits per heavy atom. The molecular formula is C13H17FIN. The van der Waals surface area contributed by atoms with Gasteiger partial charge < -0.3 is 5.32 Å². The van der Waals surface area contributed by atoms with Crippen molar-refractivity contribution in [1.82, 2.24) is 0 Å². The molecule has 1 aliphatic carbocycles. The van der Waals surface area contributed by atoms with Crippen LogP contribution >= 0.6 is 22.6 Å². The quantitative estimate of drug-likeness (QED) is 0.618. The molecule has 0 atom stereocenters. The minimum atomic E-state index is -0.157. The third kappa shape index (κ3) is 3.34. The number of anilines is 1. The summed E-state index contributed by atoms with van der Waals surface area (Å²) in [4.78, 5) is 0. The van der Waals surface area contributed by atoms with Crippen LogP contribution in [0.2, 0.25) is 0 Å². The highest BCUT2D eigenvalue weighted by atomic mass is 127. The molecule has 1 nitrogen and oxygen atoms in total. The zero-order valence-electron chi connectivity index (χ0n) is 9.31. The predicted octanol–water partition coefficient (Wildman–Crippen LogP) is 4.57. The summed E-state index contributed by atoms with van der Waals surface area (Å²) >= 11 is 2.19. The molecule has 16 heavy (non-hydrogen) atoms. The van der Waals surface area contributed by atoms with Crippen molar-refractivity contribution >= 4 is 28.3 Å². The Hall–Kier alpha value is -0.320. The molecule has 0 amide bonds. The minimum absolute atomic E-state index is 0.157. The van der Waals surface area contributed by atoms with Crippen LogP contribution in [-0.2, 0) is 0 Å². The summed E-state index contributed by atoms with van der Waals surface area (Å²) in [5, 5.41) is 3.54. The van der Waals surface area contributed by atoms with Crippen LogP contribution in [-0.4, -0.2) is 6.04 Å². The first-order valence-corrected chi connectivity index (χ1v) is 7.05. The largest absolute Gasteiger partial charge is 0.381 e. The standard InChI is InChI=1S/C13H17FIN/c14-10-7-8-13(12(15)9-10)16-11-5-3-1-2-4-6-11/h7-9,11,16H,1-6H2. The fourth-order valence-electron chi connectivity index (χ4n) is 2.25. The lowest BCUT2D eigenvalue weighted by molar-refractivity contribution is 0.615. The second-order valence-corrected chi connectivity index (χ2v) is 5.62. The molecule has 0 bridgehead atoms. The molecule has 0 spiro atoms. The van der Waals surface area contributed by atoms with E-state index in [1.54, 1.807) is 6.07 Å². The molecule has 88 valence electrons. The Kier molecular flexibility index (Phi) is 4.44. The average Bonchev–Trinajstić information content (AvgIpc) is 2.51. The molecule has 0 aliphatic heterocycles. The van der Waals surface area contributed by atoms with Gasteiger partial charge in [-0.05, 0) is 53.6 Å². The lowest BCUT2D eigenvalue weighted by atomic mass is 10.1. The summed E-state index contributed by atoms with van der Waals surface area (Å²) in [7, 11) is 0. The Balaban J connectivity index is 2.01. The van der Waals surface area contributed by atoms with Gasteiger partial charge in [-0.1, -0.05) is 25.7 Å². The van der Waals surface area contributed by atoms with Gasteiger partial charge in [0.25, 0.3) is 0 Å². The van der Waals surface area contributed by atoms with Crippen molar-refractivity contribution in [3.8, 4) is 0 Å². The number of hydrogen-bond donors (Lipinski definition) is 1. The third-order valence-corrected chi connectivity index (χ3v) is 4.04. The number of benzene rings is 1. The fraction of sp³-hybridized carbons (Fsp3) is 0.538. The Morgan fingerprint density at radius 2 is 1.81 bits per heavy atom. The molecule has 2 rings (SSSR count). The van der Waals surface area contributed by atoms with Gasteiger partial charge >= 0.3 is 0 Å². The van der Waals surface area contributed by atoms with Crippen LogP contribution in [0.4, 0.5) is 10.1 Å². The number of hydrogen-bond acceptors (Lipinski definition) is 1. The van der Waals surface area contributed by atoms with Crippen LogP contribution in [0.5, 0.6) is 0 Å². The molecule has 1 fully saturated rings. The lowest BCUT2D eigenvalue weighted by Gasteiger charge is -2.18. The van der Waals surface area contributed by atoms with E-state index in [-0.39, 0.29) is 5.82 Å². The van der Waals surface area contributed by atoms with E-state index < -0.39 is 0 Å². The van der Waals surface area contributed by atoms with E-state index >= 15 is 0 Å². The van der Waals surface area contributed by atoms with E-state index in [2.05, 4.69) is 27.9 Å². The molecule has 0 radical (unpaired) electrons. The second-order valence-electron chi connectivity index (χ2n) is 4.46. The van der Waals surface area contributed by atoms with Gasteiger partial charge in [-0.25, -0.2) is 4.39 Å². The molecule has 0 aromatic heterocycles. The zero-order chi connectivity index (χ0) is 11.4. The molecule has 1 aromatic carbocycles. The Bertz CT molecular complexity index is 346. The van der Waals surface area contributed by atoms with Gasteiger partial charge in [0.2, 0.25) is 0 Å². The minimum Gasteiger partial charge on any atom is -0.381 e. The molecule has 1 aliphatic rings. The van der Waals surface area contributed by atoms with Gasteiger partial charge in [-0.3, -0.25) is 0 Å². The maximum Gasteiger partial charge on any atom is 0.124 e. The molecule has 0 saturated heterocycles. The van der Waals surface area contributed by atoms with Crippen LogP contribution in [0, 0.1) is 9.39 Å². The van der Waals surface area contributed by atoms with E-state index in [0.29, 0.717) is 6.04 Å². The van der Waals surface area contributed by atoms with Crippen molar-refractivity contribution in [3.63, 3.8) is 0 Å². The number of rotatable bonds is 2. The monoisotopic (exact) mass is 333 g/mol. The lowest BCUT2D eigenvalue weighted by Crippen LogP contribution is -2.18. The topological polar surface area (TPSA) is 12.0 Å². The highest BCUT2D eigenvalue weighted by molar-refractivity contribution is 14.1. The van der Waals surface area contributed by atoms with Gasteiger partial charge in [-0.2, -0.15) is 0 Å². The van der Waals surface area contributed by atoms with E-state index in [0.717, 1.165) is 9.26 Å². The maximum absolute atomic E-state index is 13.0. The molecule has 1 N–H and O–H groups in total. The van der Waals surface area contributed by atoms with Crippen molar-refractivity contribution in [3.05, 3.63) is 27.6 Å². The van der Waals surface area contributed by atoms with Crippen LogP contribution in [0.3, 0.4) is 0 Å². The summed E-state index contributed by atoms with van der Waals surface area (Å²) < 4.78 is 13.9. The van der Waals surface area contributed by atoms with E-state index in [9.17, 15) is 4.39 Å².